The van der Waals surface area contributed by atoms with Crippen LogP contribution in [0, 0.1) is 0 Å². The van der Waals surface area contributed by atoms with Crippen molar-refractivity contribution in [3.63, 3.8) is 0 Å². The molecule has 1 saturated heterocycles. The summed E-state index contributed by atoms with van der Waals surface area (Å²) in [6.07, 6.45) is 2.49. The van der Waals surface area contributed by atoms with Crippen molar-refractivity contribution >= 4 is 27.7 Å². The molecule has 1 aliphatic rings. The Balaban J connectivity index is 2.11. The standard InChI is InChI=1S/C10H12BrN3O2/c11-7-4-8(13-5-7)10(16)14-3-1-2-12-9(15)6-14/h4-5,13H,1-3,6H2,(H,12,15). The van der Waals surface area contributed by atoms with Crippen LogP contribution in [0.4, 0.5) is 0 Å². The minimum absolute atomic E-state index is 0.100. The molecule has 0 radical (unpaired) electrons. The molecule has 0 aromatic carbocycles. The van der Waals surface area contributed by atoms with Gasteiger partial charge in [0.05, 0.1) is 6.54 Å². The molecule has 2 amide bonds. The van der Waals surface area contributed by atoms with E-state index in [9.17, 15) is 9.59 Å². The highest BCUT2D eigenvalue weighted by Crippen LogP contribution is 2.13. The largest absolute Gasteiger partial charge is 0.356 e. The van der Waals surface area contributed by atoms with Crippen LogP contribution in [0.3, 0.4) is 0 Å². The lowest BCUT2D eigenvalue weighted by Crippen LogP contribution is -2.37. The highest BCUT2D eigenvalue weighted by Gasteiger charge is 2.21. The van der Waals surface area contributed by atoms with E-state index in [-0.39, 0.29) is 18.4 Å². The van der Waals surface area contributed by atoms with E-state index >= 15 is 0 Å². The van der Waals surface area contributed by atoms with Gasteiger partial charge in [0.25, 0.3) is 5.91 Å². The van der Waals surface area contributed by atoms with Crippen LogP contribution in [0.15, 0.2) is 16.7 Å². The molecule has 2 heterocycles. The minimum Gasteiger partial charge on any atom is -0.356 e. The number of halogens is 1. The van der Waals surface area contributed by atoms with Gasteiger partial charge >= 0.3 is 0 Å². The zero-order chi connectivity index (χ0) is 11.5. The summed E-state index contributed by atoms with van der Waals surface area (Å²) >= 11 is 3.27. The summed E-state index contributed by atoms with van der Waals surface area (Å²) in [5, 5.41) is 2.73. The van der Waals surface area contributed by atoms with Crippen LogP contribution in [0.2, 0.25) is 0 Å². The molecule has 1 aromatic heterocycles. The Morgan fingerprint density at radius 3 is 3.00 bits per heavy atom. The number of nitrogens with one attached hydrogen (secondary N) is 2. The Hall–Kier alpha value is -1.30. The van der Waals surface area contributed by atoms with Gasteiger partial charge in [0.1, 0.15) is 5.69 Å². The Labute approximate surface area is 101 Å². The molecule has 6 heteroatoms. The van der Waals surface area contributed by atoms with Gasteiger partial charge in [-0.1, -0.05) is 0 Å². The Morgan fingerprint density at radius 1 is 1.50 bits per heavy atom. The Morgan fingerprint density at radius 2 is 2.31 bits per heavy atom. The molecule has 1 fully saturated rings. The first-order valence-corrected chi connectivity index (χ1v) is 5.86. The van der Waals surface area contributed by atoms with Crippen molar-refractivity contribution in [1.82, 2.24) is 15.2 Å². The van der Waals surface area contributed by atoms with E-state index in [1.807, 2.05) is 0 Å². The number of H-pyrrole nitrogens is 1. The second-order valence-electron chi connectivity index (χ2n) is 3.66. The van der Waals surface area contributed by atoms with E-state index in [2.05, 4.69) is 26.2 Å². The summed E-state index contributed by atoms with van der Waals surface area (Å²) in [6.45, 7) is 1.38. The number of nitrogens with zero attached hydrogens (tertiary/aromatic N) is 1. The van der Waals surface area contributed by atoms with Gasteiger partial charge in [-0.05, 0) is 28.4 Å². The van der Waals surface area contributed by atoms with Crippen molar-refractivity contribution in [2.24, 2.45) is 0 Å². The molecule has 1 aliphatic heterocycles. The number of hydrogen-bond acceptors (Lipinski definition) is 2. The SMILES string of the molecule is O=C1CN(C(=O)c2cc(Br)c[nH]2)CCCN1. The van der Waals surface area contributed by atoms with Gasteiger partial charge in [0.2, 0.25) is 5.91 Å². The summed E-state index contributed by atoms with van der Waals surface area (Å²) < 4.78 is 0.829. The van der Waals surface area contributed by atoms with Crippen LogP contribution in [0.1, 0.15) is 16.9 Å². The molecule has 0 spiro atoms. The first kappa shape index (κ1) is 11.2. The van der Waals surface area contributed by atoms with Crippen molar-refractivity contribution in [2.45, 2.75) is 6.42 Å². The summed E-state index contributed by atoms with van der Waals surface area (Å²) in [6, 6.07) is 1.71. The quantitative estimate of drug-likeness (QED) is 0.799. The fourth-order valence-electron chi connectivity index (χ4n) is 1.64. The molecule has 2 N–H and O–H groups in total. The van der Waals surface area contributed by atoms with Crippen molar-refractivity contribution in [2.75, 3.05) is 19.6 Å². The molecule has 0 saturated carbocycles. The van der Waals surface area contributed by atoms with Crippen LogP contribution in [0.25, 0.3) is 0 Å². The van der Waals surface area contributed by atoms with Crippen molar-refractivity contribution < 1.29 is 9.59 Å². The van der Waals surface area contributed by atoms with E-state index in [0.29, 0.717) is 18.8 Å². The third-order valence-corrected chi connectivity index (χ3v) is 2.88. The Kier molecular flexibility index (Phi) is 3.28. The Bertz CT molecular complexity index is 416. The van der Waals surface area contributed by atoms with Gasteiger partial charge in [0, 0.05) is 23.8 Å². The number of rotatable bonds is 1. The first-order valence-electron chi connectivity index (χ1n) is 5.07. The zero-order valence-corrected chi connectivity index (χ0v) is 10.2. The van der Waals surface area contributed by atoms with Crippen LogP contribution < -0.4 is 5.32 Å². The lowest BCUT2D eigenvalue weighted by molar-refractivity contribution is -0.121. The number of carbonyl (C=O) groups is 2. The molecule has 86 valence electrons. The van der Waals surface area contributed by atoms with E-state index in [1.165, 1.54) is 0 Å². The fraction of sp³-hybridized carbons (Fsp3) is 0.400. The van der Waals surface area contributed by atoms with Crippen molar-refractivity contribution in [3.8, 4) is 0 Å². The lowest BCUT2D eigenvalue weighted by Gasteiger charge is -2.17. The maximum Gasteiger partial charge on any atom is 0.270 e. The average molecular weight is 286 g/mol. The molecular formula is C10H12BrN3O2. The molecule has 2 rings (SSSR count). The molecule has 0 unspecified atom stereocenters. The number of aromatic amines is 1. The molecule has 1 aromatic rings. The minimum atomic E-state index is -0.136. The lowest BCUT2D eigenvalue weighted by atomic mass is 10.3. The maximum atomic E-state index is 12.0. The van der Waals surface area contributed by atoms with Crippen molar-refractivity contribution in [3.05, 3.63) is 22.4 Å². The van der Waals surface area contributed by atoms with E-state index in [1.54, 1.807) is 17.2 Å². The van der Waals surface area contributed by atoms with Gasteiger partial charge in [-0.25, -0.2) is 0 Å². The molecule has 0 aliphatic carbocycles. The van der Waals surface area contributed by atoms with Crippen molar-refractivity contribution in [1.29, 1.82) is 0 Å². The maximum absolute atomic E-state index is 12.0. The van der Waals surface area contributed by atoms with Gasteiger partial charge < -0.3 is 15.2 Å². The second-order valence-corrected chi connectivity index (χ2v) is 4.58. The highest BCUT2D eigenvalue weighted by molar-refractivity contribution is 9.10. The van der Waals surface area contributed by atoms with Gasteiger partial charge in [0.15, 0.2) is 0 Å². The number of amides is 2. The monoisotopic (exact) mass is 285 g/mol. The van der Waals surface area contributed by atoms with Crippen LogP contribution in [-0.4, -0.2) is 41.3 Å². The fourth-order valence-corrected chi connectivity index (χ4v) is 1.98. The predicted molar refractivity (Wildman–Crippen MR) is 62.0 cm³/mol. The third-order valence-electron chi connectivity index (χ3n) is 2.43. The first-order chi connectivity index (χ1) is 7.66. The number of aromatic nitrogens is 1. The molecule has 0 atom stereocenters. The summed E-state index contributed by atoms with van der Waals surface area (Å²) in [4.78, 5) is 27.7. The molecule has 0 bridgehead atoms. The van der Waals surface area contributed by atoms with E-state index in [4.69, 9.17) is 0 Å². The normalized spacial score (nSPS) is 16.8. The van der Waals surface area contributed by atoms with Gasteiger partial charge in [-0.15, -0.1) is 0 Å². The summed E-state index contributed by atoms with van der Waals surface area (Å²) in [5.74, 6) is -0.237. The van der Waals surface area contributed by atoms with Crippen LogP contribution >= 0.6 is 15.9 Å². The summed E-state index contributed by atoms with van der Waals surface area (Å²) in [5.41, 5.74) is 0.501. The highest BCUT2D eigenvalue weighted by atomic mass is 79.9. The van der Waals surface area contributed by atoms with E-state index in [0.717, 1.165) is 10.9 Å². The molecular weight excluding hydrogens is 274 g/mol. The van der Waals surface area contributed by atoms with Gasteiger partial charge in [-0.3, -0.25) is 9.59 Å². The predicted octanol–water partition coefficient (Wildman–Crippen LogP) is 0.739. The number of carbonyl (C=O) groups excluding carboxylic acids is 2. The van der Waals surface area contributed by atoms with E-state index < -0.39 is 0 Å². The summed E-state index contributed by atoms with van der Waals surface area (Å²) in [7, 11) is 0. The third kappa shape index (κ3) is 2.44. The number of hydrogen-bond donors (Lipinski definition) is 2. The van der Waals surface area contributed by atoms with Crippen LogP contribution in [0.5, 0.6) is 0 Å². The average Bonchev–Trinajstić information content (AvgIpc) is 2.56. The zero-order valence-electron chi connectivity index (χ0n) is 8.62. The topological polar surface area (TPSA) is 65.2 Å². The molecule has 16 heavy (non-hydrogen) atoms. The smallest absolute Gasteiger partial charge is 0.270 e. The second kappa shape index (κ2) is 4.69. The van der Waals surface area contributed by atoms with Crippen LogP contribution in [-0.2, 0) is 4.79 Å². The molecule has 5 nitrogen and oxygen atoms in total. The van der Waals surface area contributed by atoms with Gasteiger partial charge in [-0.2, -0.15) is 0 Å².